The molecule has 0 spiro atoms. The maximum atomic E-state index is 12.6. The third kappa shape index (κ3) is 3.79. The Morgan fingerprint density at radius 1 is 1.17 bits per heavy atom. The lowest BCUT2D eigenvalue weighted by atomic mass is 9.91. The Balaban J connectivity index is 1.52. The summed E-state index contributed by atoms with van der Waals surface area (Å²) in [5.41, 5.74) is 6.19. The Morgan fingerprint density at radius 3 is 2.38 bits per heavy atom. The molecular formula is C17H25N3O3S. The molecule has 2 fully saturated rings. The van der Waals surface area contributed by atoms with E-state index in [1.807, 2.05) is 28.9 Å². The highest BCUT2D eigenvalue weighted by atomic mass is 32.1. The van der Waals surface area contributed by atoms with E-state index in [9.17, 15) is 9.59 Å². The molecule has 2 aliphatic rings. The standard InChI is InChI=1S/C17H25N3O3S/c1-12-2-3-14(24-12)16(21)19-6-8-20(9-7-19)17(22)15(18)13-4-10-23-11-5-13/h2-3,13,15H,4-11,18H2,1H3. The van der Waals surface area contributed by atoms with Gasteiger partial charge in [-0.05, 0) is 37.8 Å². The first-order valence-corrected chi connectivity index (χ1v) is 9.35. The second kappa shape index (κ2) is 7.63. The van der Waals surface area contributed by atoms with Crippen LogP contribution in [0.25, 0.3) is 0 Å². The molecule has 6 nitrogen and oxygen atoms in total. The van der Waals surface area contributed by atoms with Gasteiger partial charge in [-0.1, -0.05) is 0 Å². The maximum Gasteiger partial charge on any atom is 0.264 e. The summed E-state index contributed by atoms with van der Waals surface area (Å²) in [5, 5.41) is 0. The number of thiophene rings is 1. The van der Waals surface area contributed by atoms with Crippen molar-refractivity contribution in [3.8, 4) is 0 Å². The highest BCUT2D eigenvalue weighted by molar-refractivity contribution is 7.13. The smallest absolute Gasteiger partial charge is 0.264 e. The monoisotopic (exact) mass is 351 g/mol. The van der Waals surface area contributed by atoms with E-state index in [-0.39, 0.29) is 17.7 Å². The Morgan fingerprint density at radius 2 is 1.79 bits per heavy atom. The number of amides is 2. The van der Waals surface area contributed by atoms with Gasteiger partial charge in [0.1, 0.15) is 0 Å². The van der Waals surface area contributed by atoms with E-state index in [0.29, 0.717) is 39.4 Å². The molecule has 2 saturated heterocycles. The minimum atomic E-state index is -0.448. The molecular weight excluding hydrogens is 326 g/mol. The maximum absolute atomic E-state index is 12.6. The summed E-state index contributed by atoms with van der Waals surface area (Å²) in [6, 6.07) is 3.39. The molecule has 1 aromatic heterocycles. The largest absolute Gasteiger partial charge is 0.381 e. The second-order valence-electron chi connectivity index (χ2n) is 6.50. The van der Waals surface area contributed by atoms with Crippen molar-refractivity contribution in [2.75, 3.05) is 39.4 Å². The van der Waals surface area contributed by atoms with Crippen LogP contribution in [0.1, 0.15) is 27.4 Å². The molecule has 2 N–H and O–H groups in total. The van der Waals surface area contributed by atoms with Gasteiger partial charge >= 0.3 is 0 Å². The number of carbonyl (C=O) groups excluding carboxylic acids is 2. The van der Waals surface area contributed by atoms with Gasteiger partial charge in [0.15, 0.2) is 0 Å². The van der Waals surface area contributed by atoms with Gasteiger partial charge in [0, 0.05) is 44.3 Å². The van der Waals surface area contributed by atoms with E-state index in [2.05, 4.69) is 0 Å². The van der Waals surface area contributed by atoms with Gasteiger partial charge in [-0.3, -0.25) is 9.59 Å². The SMILES string of the molecule is Cc1ccc(C(=O)N2CCN(C(=O)C(N)C3CCOCC3)CC2)s1. The predicted molar refractivity (Wildman–Crippen MR) is 93.1 cm³/mol. The third-order valence-electron chi connectivity index (χ3n) is 4.89. The summed E-state index contributed by atoms with van der Waals surface area (Å²) in [6.45, 7) is 5.64. The number of nitrogens with two attached hydrogens (primary N) is 1. The van der Waals surface area contributed by atoms with Crippen molar-refractivity contribution < 1.29 is 14.3 Å². The van der Waals surface area contributed by atoms with Crippen LogP contribution in [0, 0.1) is 12.8 Å². The molecule has 1 aromatic rings. The summed E-state index contributed by atoms with van der Waals surface area (Å²) in [6.07, 6.45) is 1.70. The van der Waals surface area contributed by atoms with Gasteiger partial charge in [-0.2, -0.15) is 0 Å². The second-order valence-corrected chi connectivity index (χ2v) is 7.79. The molecule has 24 heavy (non-hydrogen) atoms. The summed E-state index contributed by atoms with van der Waals surface area (Å²) in [4.78, 5) is 30.6. The zero-order valence-electron chi connectivity index (χ0n) is 14.1. The Bertz CT molecular complexity index is 590. The lowest BCUT2D eigenvalue weighted by Gasteiger charge is -2.37. The molecule has 0 aromatic carbocycles. The molecule has 0 radical (unpaired) electrons. The van der Waals surface area contributed by atoms with Crippen LogP contribution in [-0.4, -0.2) is 67.0 Å². The van der Waals surface area contributed by atoms with Gasteiger partial charge in [-0.15, -0.1) is 11.3 Å². The zero-order chi connectivity index (χ0) is 17.1. The fourth-order valence-electron chi connectivity index (χ4n) is 3.32. The number of hydrogen-bond donors (Lipinski definition) is 1. The molecule has 2 aliphatic heterocycles. The lowest BCUT2D eigenvalue weighted by molar-refractivity contribution is -0.136. The summed E-state index contributed by atoms with van der Waals surface area (Å²) >= 11 is 1.52. The third-order valence-corrected chi connectivity index (χ3v) is 5.88. The van der Waals surface area contributed by atoms with E-state index in [0.717, 1.165) is 22.6 Å². The van der Waals surface area contributed by atoms with Crippen molar-refractivity contribution in [2.45, 2.75) is 25.8 Å². The number of ether oxygens (including phenoxy) is 1. The Hall–Kier alpha value is -1.44. The quantitative estimate of drug-likeness (QED) is 0.885. The average molecular weight is 351 g/mol. The molecule has 132 valence electrons. The molecule has 1 unspecified atom stereocenters. The minimum Gasteiger partial charge on any atom is -0.381 e. The highest BCUT2D eigenvalue weighted by Gasteiger charge is 2.32. The molecule has 7 heteroatoms. The van der Waals surface area contributed by atoms with Gasteiger partial charge < -0.3 is 20.3 Å². The summed E-state index contributed by atoms with van der Waals surface area (Å²) < 4.78 is 5.34. The van der Waals surface area contributed by atoms with Crippen molar-refractivity contribution in [1.82, 2.24) is 9.80 Å². The van der Waals surface area contributed by atoms with E-state index >= 15 is 0 Å². The van der Waals surface area contributed by atoms with Gasteiger partial charge in [0.05, 0.1) is 10.9 Å². The van der Waals surface area contributed by atoms with Crippen molar-refractivity contribution in [1.29, 1.82) is 0 Å². The van der Waals surface area contributed by atoms with Crippen LogP contribution >= 0.6 is 11.3 Å². The minimum absolute atomic E-state index is 0.0148. The van der Waals surface area contributed by atoms with Crippen molar-refractivity contribution >= 4 is 23.2 Å². The summed E-state index contributed by atoms with van der Waals surface area (Å²) in [5.74, 6) is 0.287. The molecule has 0 bridgehead atoms. The number of piperazine rings is 1. The predicted octanol–water partition coefficient (Wildman–Crippen LogP) is 1.09. The fraction of sp³-hybridized carbons (Fsp3) is 0.647. The first-order valence-electron chi connectivity index (χ1n) is 8.54. The van der Waals surface area contributed by atoms with Gasteiger partial charge in [0.25, 0.3) is 5.91 Å². The van der Waals surface area contributed by atoms with E-state index in [4.69, 9.17) is 10.5 Å². The molecule has 2 amide bonds. The van der Waals surface area contributed by atoms with E-state index in [1.165, 1.54) is 11.3 Å². The zero-order valence-corrected chi connectivity index (χ0v) is 14.9. The van der Waals surface area contributed by atoms with Crippen molar-refractivity contribution in [3.05, 3.63) is 21.9 Å². The molecule has 3 heterocycles. The Labute approximate surface area is 146 Å². The molecule has 3 rings (SSSR count). The number of nitrogens with zero attached hydrogens (tertiary/aromatic N) is 2. The first kappa shape index (κ1) is 17.4. The van der Waals surface area contributed by atoms with Crippen LogP contribution in [0.4, 0.5) is 0 Å². The van der Waals surface area contributed by atoms with E-state index in [1.54, 1.807) is 0 Å². The van der Waals surface area contributed by atoms with Gasteiger partial charge in [-0.25, -0.2) is 0 Å². The molecule has 0 aliphatic carbocycles. The van der Waals surface area contributed by atoms with Crippen molar-refractivity contribution in [3.63, 3.8) is 0 Å². The Kier molecular flexibility index (Phi) is 5.53. The van der Waals surface area contributed by atoms with Crippen molar-refractivity contribution in [2.24, 2.45) is 11.7 Å². The van der Waals surface area contributed by atoms with Crippen LogP contribution in [0.15, 0.2) is 12.1 Å². The lowest BCUT2D eigenvalue weighted by Crippen LogP contribution is -2.56. The first-order chi connectivity index (χ1) is 11.6. The number of carbonyl (C=O) groups is 2. The number of hydrogen-bond acceptors (Lipinski definition) is 5. The molecule has 0 saturated carbocycles. The fourth-order valence-corrected chi connectivity index (χ4v) is 4.16. The van der Waals surface area contributed by atoms with Crippen LogP contribution in [0.5, 0.6) is 0 Å². The van der Waals surface area contributed by atoms with Crippen LogP contribution in [0.3, 0.4) is 0 Å². The van der Waals surface area contributed by atoms with Gasteiger partial charge in [0.2, 0.25) is 5.91 Å². The van der Waals surface area contributed by atoms with Crippen LogP contribution in [-0.2, 0) is 9.53 Å². The highest BCUT2D eigenvalue weighted by Crippen LogP contribution is 2.21. The molecule has 1 atom stereocenters. The number of rotatable bonds is 3. The van der Waals surface area contributed by atoms with Crippen LogP contribution < -0.4 is 5.73 Å². The number of aryl methyl sites for hydroxylation is 1. The normalized spacial score (nSPS) is 20.9. The van der Waals surface area contributed by atoms with E-state index < -0.39 is 6.04 Å². The topological polar surface area (TPSA) is 75.9 Å². The summed E-state index contributed by atoms with van der Waals surface area (Å²) in [7, 11) is 0. The average Bonchev–Trinajstić information content (AvgIpc) is 3.07. The van der Waals surface area contributed by atoms with Crippen LogP contribution in [0.2, 0.25) is 0 Å².